The SMILES string of the molecule is Cc1nc2ccccc2nc1CN1C(=O)[C@H]2CCCN2C1=O. The highest BCUT2D eigenvalue weighted by molar-refractivity contribution is 6.04. The van der Waals surface area contributed by atoms with Gasteiger partial charge in [-0.15, -0.1) is 0 Å². The monoisotopic (exact) mass is 296 g/mol. The molecule has 2 saturated heterocycles. The maximum absolute atomic E-state index is 12.4. The molecule has 3 heterocycles. The van der Waals surface area contributed by atoms with E-state index >= 15 is 0 Å². The molecule has 0 spiro atoms. The second kappa shape index (κ2) is 4.76. The van der Waals surface area contributed by atoms with Gasteiger partial charge in [0.1, 0.15) is 6.04 Å². The molecule has 2 aliphatic heterocycles. The van der Waals surface area contributed by atoms with E-state index in [0.717, 1.165) is 29.6 Å². The number of imide groups is 1. The number of hydrogen-bond acceptors (Lipinski definition) is 4. The first-order valence-electron chi connectivity index (χ1n) is 7.49. The van der Waals surface area contributed by atoms with Crippen molar-refractivity contribution in [1.82, 2.24) is 19.8 Å². The van der Waals surface area contributed by atoms with Crippen molar-refractivity contribution in [3.8, 4) is 0 Å². The number of urea groups is 1. The van der Waals surface area contributed by atoms with Gasteiger partial charge in [-0.25, -0.2) is 14.8 Å². The third kappa shape index (κ3) is 1.87. The van der Waals surface area contributed by atoms with Crippen LogP contribution in [0.4, 0.5) is 4.79 Å². The molecule has 2 fully saturated rings. The predicted octanol–water partition coefficient (Wildman–Crippen LogP) is 1.86. The van der Waals surface area contributed by atoms with Crippen molar-refractivity contribution in [1.29, 1.82) is 0 Å². The molecule has 0 aliphatic carbocycles. The summed E-state index contributed by atoms with van der Waals surface area (Å²) in [6.45, 7) is 2.74. The Morgan fingerprint density at radius 2 is 1.91 bits per heavy atom. The minimum atomic E-state index is -0.263. The number of nitrogens with zero attached hydrogens (tertiary/aromatic N) is 4. The van der Waals surface area contributed by atoms with E-state index in [0.29, 0.717) is 12.2 Å². The van der Waals surface area contributed by atoms with Crippen LogP contribution in [0.25, 0.3) is 11.0 Å². The van der Waals surface area contributed by atoms with Crippen LogP contribution in [0, 0.1) is 6.92 Å². The van der Waals surface area contributed by atoms with E-state index in [9.17, 15) is 9.59 Å². The minimum Gasteiger partial charge on any atom is -0.312 e. The molecule has 4 rings (SSSR count). The fourth-order valence-electron chi connectivity index (χ4n) is 3.25. The fourth-order valence-corrected chi connectivity index (χ4v) is 3.25. The summed E-state index contributed by atoms with van der Waals surface area (Å²) >= 11 is 0. The number of carbonyl (C=O) groups excluding carboxylic acids is 2. The molecule has 6 heteroatoms. The van der Waals surface area contributed by atoms with Crippen LogP contribution in [0.2, 0.25) is 0 Å². The second-order valence-corrected chi connectivity index (χ2v) is 5.80. The van der Waals surface area contributed by atoms with E-state index in [1.807, 2.05) is 31.2 Å². The van der Waals surface area contributed by atoms with Crippen molar-refractivity contribution in [3.05, 3.63) is 35.7 Å². The summed E-state index contributed by atoms with van der Waals surface area (Å²) in [4.78, 5) is 36.8. The van der Waals surface area contributed by atoms with Crippen molar-refractivity contribution >= 4 is 23.0 Å². The Bertz CT molecular complexity index is 767. The molecule has 1 aromatic carbocycles. The number of fused-ring (bicyclic) bond motifs is 2. The normalized spacial score (nSPS) is 21.0. The summed E-state index contributed by atoms with van der Waals surface area (Å²) in [5.41, 5.74) is 3.04. The molecular weight excluding hydrogens is 280 g/mol. The number of aromatic nitrogens is 2. The molecule has 22 heavy (non-hydrogen) atoms. The maximum atomic E-state index is 12.4. The first-order valence-corrected chi connectivity index (χ1v) is 7.49. The van der Waals surface area contributed by atoms with E-state index in [4.69, 9.17) is 0 Å². The number of amides is 3. The lowest BCUT2D eigenvalue weighted by molar-refractivity contribution is -0.128. The van der Waals surface area contributed by atoms with Gasteiger partial charge in [0.25, 0.3) is 5.91 Å². The Morgan fingerprint density at radius 1 is 1.18 bits per heavy atom. The third-order valence-corrected chi connectivity index (χ3v) is 4.43. The average molecular weight is 296 g/mol. The van der Waals surface area contributed by atoms with Gasteiger partial charge >= 0.3 is 6.03 Å². The fraction of sp³-hybridized carbons (Fsp3) is 0.375. The van der Waals surface area contributed by atoms with Crippen molar-refractivity contribution in [2.24, 2.45) is 0 Å². The zero-order chi connectivity index (χ0) is 15.3. The van der Waals surface area contributed by atoms with Gasteiger partial charge in [-0.3, -0.25) is 9.69 Å². The zero-order valence-electron chi connectivity index (χ0n) is 12.3. The van der Waals surface area contributed by atoms with Crippen LogP contribution in [-0.4, -0.2) is 44.3 Å². The topological polar surface area (TPSA) is 66.4 Å². The van der Waals surface area contributed by atoms with Gasteiger partial charge in [0, 0.05) is 6.54 Å². The summed E-state index contributed by atoms with van der Waals surface area (Å²) in [5, 5.41) is 0. The van der Waals surface area contributed by atoms with E-state index in [1.54, 1.807) is 4.90 Å². The molecule has 0 N–H and O–H groups in total. The van der Waals surface area contributed by atoms with E-state index in [-0.39, 0.29) is 24.5 Å². The lowest BCUT2D eigenvalue weighted by atomic mass is 10.2. The number of rotatable bonds is 2. The molecule has 0 saturated carbocycles. The molecule has 3 amide bonds. The van der Waals surface area contributed by atoms with Gasteiger partial charge in [-0.1, -0.05) is 12.1 Å². The van der Waals surface area contributed by atoms with Gasteiger partial charge in [0.15, 0.2) is 0 Å². The Morgan fingerprint density at radius 3 is 2.64 bits per heavy atom. The smallest absolute Gasteiger partial charge is 0.312 e. The van der Waals surface area contributed by atoms with Crippen LogP contribution in [0.15, 0.2) is 24.3 Å². The van der Waals surface area contributed by atoms with Crippen LogP contribution in [0.5, 0.6) is 0 Å². The minimum absolute atomic E-state index is 0.100. The number of aryl methyl sites for hydroxylation is 1. The number of carbonyl (C=O) groups is 2. The van der Waals surface area contributed by atoms with Gasteiger partial charge in [-0.2, -0.15) is 0 Å². The van der Waals surface area contributed by atoms with Crippen molar-refractivity contribution < 1.29 is 9.59 Å². The van der Waals surface area contributed by atoms with Crippen molar-refractivity contribution in [2.75, 3.05) is 6.54 Å². The lowest BCUT2D eigenvalue weighted by Crippen LogP contribution is -2.33. The first kappa shape index (κ1) is 13.2. The Hall–Kier alpha value is -2.50. The highest BCUT2D eigenvalue weighted by Gasteiger charge is 2.47. The Kier molecular flexibility index (Phi) is 2.85. The summed E-state index contributed by atoms with van der Waals surface area (Å²) in [6.07, 6.45) is 1.67. The molecule has 0 radical (unpaired) electrons. The second-order valence-electron chi connectivity index (χ2n) is 5.80. The quantitative estimate of drug-likeness (QED) is 0.793. The van der Waals surface area contributed by atoms with Gasteiger partial charge in [-0.05, 0) is 31.9 Å². The number of para-hydroxylation sites is 2. The highest BCUT2D eigenvalue weighted by Crippen LogP contribution is 2.28. The molecule has 6 nitrogen and oxygen atoms in total. The van der Waals surface area contributed by atoms with Gasteiger partial charge in [0.2, 0.25) is 0 Å². The summed E-state index contributed by atoms with van der Waals surface area (Å²) in [7, 11) is 0. The molecule has 1 aromatic heterocycles. The molecule has 2 aromatic rings. The van der Waals surface area contributed by atoms with Crippen molar-refractivity contribution in [3.63, 3.8) is 0 Å². The summed E-state index contributed by atoms with van der Waals surface area (Å²) in [6, 6.07) is 7.15. The zero-order valence-corrected chi connectivity index (χ0v) is 12.3. The Labute approximate surface area is 127 Å². The third-order valence-electron chi connectivity index (χ3n) is 4.43. The van der Waals surface area contributed by atoms with Crippen LogP contribution in [0.1, 0.15) is 24.2 Å². The van der Waals surface area contributed by atoms with Crippen molar-refractivity contribution in [2.45, 2.75) is 32.4 Å². The van der Waals surface area contributed by atoms with Gasteiger partial charge in [0.05, 0.1) is 29.0 Å². The van der Waals surface area contributed by atoms with Crippen LogP contribution in [-0.2, 0) is 11.3 Å². The summed E-state index contributed by atoms with van der Waals surface area (Å²) < 4.78 is 0. The van der Waals surface area contributed by atoms with E-state index < -0.39 is 0 Å². The van der Waals surface area contributed by atoms with E-state index in [2.05, 4.69) is 9.97 Å². The van der Waals surface area contributed by atoms with Crippen LogP contribution in [0.3, 0.4) is 0 Å². The molecule has 112 valence electrons. The maximum Gasteiger partial charge on any atom is 0.327 e. The van der Waals surface area contributed by atoms with Gasteiger partial charge < -0.3 is 4.90 Å². The molecular formula is C16H16N4O2. The number of benzene rings is 1. The molecule has 0 unspecified atom stereocenters. The van der Waals surface area contributed by atoms with Crippen LogP contribution >= 0.6 is 0 Å². The molecule has 0 bridgehead atoms. The average Bonchev–Trinajstić information content (AvgIpc) is 3.08. The van der Waals surface area contributed by atoms with E-state index in [1.165, 1.54) is 4.90 Å². The summed E-state index contributed by atoms with van der Waals surface area (Å²) in [5.74, 6) is -0.100. The predicted molar refractivity (Wildman–Crippen MR) is 79.9 cm³/mol. The standard InChI is InChI=1S/C16H16N4O2/c1-10-13(18-12-6-3-2-5-11(12)17-10)9-20-15(21)14-7-4-8-19(14)16(20)22/h2-3,5-6,14H,4,7-9H2,1H3/t14-/m1/s1. The van der Waals surface area contributed by atoms with Crippen LogP contribution < -0.4 is 0 Å². The lowest BCUT2D eigenvalue weighted by Gasteiger charge is -2.16. The molecule has 2 aliphatic rings. The Balaban J connectivity index is 1.67. The molecule has 1 atom stereocenters. The highest BCUT2D eigenvalue weighted by atomic mass is 16.2. The largest absolute Gasteiger partial charge is 0.327 e. The first-order chi connectivity index (χ1) is 10.6. The number of hydrogen-bond donors (Lipinski definition) is 0.